The lowest BCUT2D eigenvalue weighted by atomic mass is 10.4. The highest BCUT2D eigenvalue weighted by Crippen LogP contribution is 1.81. The van der Waals surface area contributed by atoms with Crippen LogP contribution in [0.25, 0.3) is 0 Å². The summed E-state index contributed by atoms with van der Waals surface area (Å²) in [7, 11) is 1.78. The number of likely N-dealkylation sites (N-methyl/N-ethyl adjacent to an activating group) is 1. The molecule has 62 valence electrons. The second-order valence-corrected chi connectivity index (χ2v) is 2.08. The van der Waals surface area contributed by atoms with Gasteiger partial charge in [-0.05, 0) is 7.05 Å². The molecule has 0 aromatic carbocycles. The van der Waals surface area contributed by atoms with Crippen LogP contribution >= 0.6 is 0 Å². The van der Waals surface area contributed by atoms with E-state index in [1.807, 2.05) is 0 Å². The van der Waals surface area contributed by atoms with Crippen LogP contribution in [-0.2, 0) is 4.74 Å². The van der Waals surface area contributed by atoms with Gasteiger partial charge < -0.3 is 20.9 Å². The molecule has 0 amide bonds. The van der Waals surface area contributed by atoms with Crippen molar-refractivity contribution in [1.82, 2.24) is 5.32 Å². The number of hydrogen-bond acceptors (Lipinski definition) is 4. The van der Waals surface area contributed by atoms with Crippen molar-refractivity contribution in [2.24, 2.45) is 5.73 Å². The average Bonchev–Trinajstić information content (AvgIpc) is 1.89. The lowest BCUT2D eigenvalue weighted by Crippen LogP contribution is -2.28. The van der Waals surface area contributed by atoms with E-state index in [0.717, 1.165) is 0 Å². The molecule has 10 heavy (non-hydrogen) atoms. The Kier molecular flexibility index (Phi) is 6.84. The Hall–Kier alpha value is -0.160. The highest BCUT2D eigenvalue weighted by molar-refractivity contribution is 4.54. The maximum absolute atomic E-state index is 9.05. The van der Waals surface area contributed by atoms with E-state index in [1.165, 1.54) is 0 Å². The summed E-state index contributed by atoms with van der Waals surface area (Å²) in [6.45, 7) is 1.94. The van der Waals surface area contributed by atoms with Gasteiger partial charge in [0, 0.05) is 13.1 Å². The molecule has 4 heteroatoms. The molecular formula is C6H16N2O2. The summed E-state index contributed by atoms with van der Waals surface area (Å²) in [5, 5.41) is 11.9. The molecule has 0 bridgehead atoms. The molecule has 0 aliphatic heterocycles. The first-order valence-electron chi connectivity index (χ1n) is 3.41. The number of hydrogen-bond donors (Lipinski definition) is 3. The summed E-state index contributed by atoms with van der Waals surface area (Å²) in [6, 6.07) is 0. The maximum atomic E-state index is 9.05. The second-order valence-electron chi connectivity index (χ2n) is 2.08. The summed E-state index contributed by atoms with van der Waals surface area (Å²) < 4.78 is 4.98. The van der Waals surface area contributed by atoms with Gasteiger partial charge in [0.05, 0.1) is 19.3 Å². The zero-order chi connectivity index (χ0) is 7.82. The lowest BCUT2D eigenvalue weighted by Gasteiger charge is -2.08. The van der Waals surface area contributed by atoms with E-state index < -0.39 is 6.10 Å². The molecule has 0 radical (unpaired) electrons. The summed E-state index contributed by atoms with van der Waals surface area (Å²) >= 11 is 0. The van der Waals surface area contributed by atoms with Crippen LogP contribution in [-0.4, -0.2) is 44.6 Å². The van der Waals surface area contributed by atoms with Gasteiger partial charge in [0.1, 0.15) is 0 Å². The van der Waals surface area contributed by atoms with Crippen LogP contribution in [0.2, 0.25) is 0 Å². The SMILES string of the molecule is CNCC(O)COCCN. The molecule has 0 aliphatic rings. The van der Waals surface area contributed by atoms with Crippen LogP contribution in [0, 0.1) is 0 Å². The molecule has 0 aliphatic carbocycles. The molecule has 0 spiro atoms. The summed E-state index contributed by atoms with van der Waals surface area (Å²) in [5.41, 5.74) is 5.17. The zero-order valence-corrected chi connectivity index (χ0v) is 6.34. The predicted molar refractivity (Wildman–Crippen MR) is 39.8 cm³/mol. The van der Waals surface area contributed by atoms with E-state index in [0.29, 0.717) is 26.3 Å². The Balaban J connectivity index is 2.97. The van der Waals surface area contributed by atoms with Crippen molar-refractivity contribution in [3.05, 3.63) is 0 Å². The second kappa shape index (κ2) is 6.95. The minimum Gasteiger partial charge on any atom is -0.389 e. The van der Waals surface area contributed by atoms with Gasteiger partial charge in [-0.3, -0.25) is 0 Å². The Labute approximate surface area is 61.4 Å². The first kappa shape index (κ1) is 9.84. The fourth-order valence-corrected chi connectivity index (χ4v) is 0.597. The highest BCUT2D eigenvalue weighted by Gasteiger charge is 2.00. The van der Waals surface area contributed by atoms with Crippen LogP contribution < -0.4 is 11.1 Å². The topological polar surface area (TPSA) is 67.5 Å². The highest BCUT2D eigenvalue weighted by atomic mass is 16.5. The molecule has 1 unspecified atom stereocenters. The van der Waals surface area contributed by atoms with E-state index in [4.69, 9.17) is 15.6 Å². The number of aliphatic hydroxyl groups is 1. The van der Waals surface area contributed by atoms with Gasteiger partial charge in [0.2, 0.25) is 0 Å². The van der Waals surface area contributed by atoms with Crippen molar-refractivity contribution in [2.45, 2.75) is 6.10 Å². The Bertz CT molecular complexity index is 70.8. The largest absolute Gasteiger partial charge is 0.389 e. The van der Waals surface area contributed by atoms with Crippen LogP contribution in [0.5, 0.6) is 0 Å². The molecule has 0 rings (SSSR count). The van der Waals surface area contributed by atoms with E-state index in [-0.39, 0.29) is 0 Å². The number of nitrogens with one attached hydrogen (secondary N) is 1. The molecule has 0 aromatic heterocycles. The smallest absolute Gasteiger partial charge is 0.0897 e. The van der Waals surface area contributed by atoms with Crippen LogP contribution in [0.3, 0.4) is 0 Å². The van der Waals surface area contributed by atoms with E-state index in [9.17, 15) is 0 Å². The monoisotopic (exact) mass is 148 g/mol. The number of rotatable bonds is 6. The van der Waals surface area contributed by atoms with Crippen molar-refractivity contribution in [2.75, 3.05) is 33.4 Å². The van der Waals surface area contributed by atoms with Gasteiger partial charge in [-0.2, -0.15) is 0 Å². The van der Waals surface area contributed by atoms with Gasteiger partial charge in [0.25, 0.3) is 0 Å². The first-order chi connectivity index (χ1) is 4.81. The van der Waals surface area contributed by atoms with Crippen LogP contribution in [0.15, 0.2) is 0 Å². The van der Waals surface area contributed by atoms with E-state index in [2.05, 4.69) is 5.32 Å². The number of aliphatic hydroxyl groups excluding tert-OH is 1. The van der Waals surface area contributed by atoms with Crippen molar-refractivity contribution >= 4 is 0 Å². The minimum absolute atomic E-state index is 0.359. The summed E-state index contributed by atoms with van der Waals surface area (Å²) in [6.07, 6.45) is -0.420. The van der Waals surface area contributed by atoms with Crippen LogP contribution in [0.1, 0.15) is 0 Å². The maximum Gasteiger partial charge on any atom is 0.0897 e. The third-order valence-electron chi connectivity index (χ3n) is 1.01. The Morgan fingerprint density at radius 3 is 2.90 bits per heavy atom. The molecule has 0 saturated heterocycles. The first-order valence-corrected chi connectivity index (χ1v) is 3.41. The third-order valence-corrected chi connectivity index (χ3v) is 1.01. The summed E-state index contributed by atoms with van der Waals surface area (Å²) in [5.74, 6) is 0. The quantitative estimate of drug-likeness (QED) is 0.403. The summed E-state index contributed by atoms with van der Waals surface area (Å²) in [4.78, 5) is 0. The van der Waals surface area contributed by atoms with Crippen molar-refractivity contribution < 1.29 is 9.84 Å². The van der Waals surface area contributed by atoms with Gasteiger partial charge in [0.15, 0.2) is 0 Å². The third kappa shape index (κ3) is 5.97. The molecule has 4 nitrogen and oxygen atoms in total. The Morgan fingerprint density at radius 1 is 1.70 bits per heavy atom. The van der Waals surface area contributed by atoms with Crippen molar-refractivity contribution in [3.8, 4) is 0 Å². The number of ether oxygens (including phenoxy) is 1. The van der Waals surface area contributed by atoms with Crippen molar-refractivity contribution in [1.29, 1.82) is 0 Å². The van der Waals surface area contributed by atoms with Gasteiger partial charge in [-0.25, -0.2) is 0 Å². The molecule has 0 heterocycles. The van der Waals surface area contributed by atoms with E-state index >= 15 is 0 Å². The molecule has 0 fully saturated rings. The lowest BCUT2D eigenvalue weighted by molar-refractivity contribution is 0.0414. The van der Waals surface area contributed by atoms with E-state index in [1.54, 1.807) is 7.05 Å². The van der Waals surface area contributed by atoms with Crippen molar-refractivity contribution in [3.63, 3.8) is 0 Å². The van der Waals surface area contributed by atoms with Gasteiger partial charge in [-0.1, -0.05) is 0 Å². The van der Waals surface area contributed by atoms with Gasteiger partial charge >= 0.3 is 0 Å². The predicted octanol–water partition coefficient (Wildman–Crippen LogP) is -1.46. The van der Waals surface area contributed by atoms with Gasteiger partial charge in [-0.15, -0.1) is 0 Å². The fourth-order valence-electron chi connectivity index (χ4n) is 0.597. The molecule has 0 aromatic rings. The molecule has 4 N–H and O–H groups in total. The fraction of sp³-hybridized carbons (Fsp3) is 1.00. The standard InChI is InChI=1S/C6H16N2O2/c1-8-4-6(9)5-10-3-2-7/h6,8-9H,2-5,7H2,1H3. The number of nitrogens with two attached hydrogens (primary N) is 1. The molecule has 0 saturated carbocycles. The normalized spacial score (nSPS) is 13.5. The average molecular weight is 148 g/mol. The van der Waals surface area contributed by atoms with Crippen LogP contribution in [0.4, 0.5) is 0 Å². The molecular weight excluding hydrogens is 132 g/mol. The zero-order valence-electron chi connectivity index (χ0n) is 6.34. The Morgan fingerprint density at radius 2 is 2.40 bits per heavy atom. The minimum atomic E-state index is -0.420. The molecule has 1 atom stereocenters.